The number of likely N-dealkylation sites (tertiary alicyclic amines) is 1. The summed E-state index contributed by atoms with van der Waals surface area (Å²) in [5.41, 5.74) is 2.24. The van der Waals surface area contributed by atoms with Crippen molar-refractivity contribution in [2.75, 3.05) is 18.4 Å². The molecule has 2 amide bonds. The fraction of sp³-hybridized carbons (Fsp3) is 0.304. The molecule has 0 radical (unpaired) electrons. The summed E-state index contributed by atoms with van der Waals surface area (Å²) in [4.78, 5) is 26.1. The third-order valence-corrected chi connectivity index (χ3v) is 5.24. The van der Waals surface area contributed by atoms with Gasteiger partial charge < -0.3 is 15.0 Å². The van der Waals surface area contributed by atoms with Gasteiger partial charge in [0.05, 0.1) is 6.42 Å². The molecule has 0 spiro atoms. The minimum atomic E-state index is -4.71. The van der Waals surface area contributed by atoms with Crippen molar-refractivity contribution in [3.8, 4) is 5.75 Å². The molecule has 0 unspecified atom stereocenters. The summed E-state index contributed by atoms with van der Waals surface area (Å²) >= 11 is 0. The first-order chi connectivity index (χ1) is 14.7. The van der Waals surface area contributed by atoms with Gasteiger partial charge in [-0.1, -0.05) is 36.9 Å². The molecule has 1 saturated heterocycles. The molecule has 1 fully saturated rings. The summed E-state index contributed by atoms with van der Waals surface area (Å²) in [5.74, 6) is -0.450. The van der Waals surface area contributed by atoms with Crippen LogP contribution in [0.3, 0.4) is 0 Å². The van der Waals surface area contributed by atoms with E-state index < -0.39 is 6.36 Å². The van der Waals surface area contributed by atoms with Crippen LogP contribution in [-0.2, 0) is 16.0 Å². The topological polar surface area (TPSA) is 58.6 Å². The van der Waals surface area contributed by atoms with E-state index in [9.17, 15) is 22.8 Å². The van der Waals surface area contributed by atoms with E-state index in [-0.39, 0.29) is 29.9 Å². The number of halogens is 3. The van der Waals surface area contributed by atoms with Gasteiger partial charge in [-0.05, 0) is 54.2 Å². The molecule has 8 heteroatoms. The fourth-order valence-electron chi connectivity index (χ4n) is 3.66. The molecule has 5 nitrogen and oxygen atoms in total. The molecule has 3 rings (SSSR count). The van der Waals surface area contributed by atoms with Gasteiger partial charge in [0.15, 0.2) is 0 Å². The first kappa shape index (κ1) is 22.4. The van der Waals surface area contributed by atoms with Crippen molar-refractivity contribution in [1.29, 1.82) is 0 Å². The molecule has 2 aromatic rings. The second-order valence-electron chi connectivity index (χ2n) is 7.30. The first-order valence-electron chi connectivity index (χ1n) is 9.90. The number of benzene rings is 2. The summed E-state index contributed by atoms with van der Waals surface area (Å²) in [5, 5.41) is 2.71. The van der Waals surface area contributed by atoms with Crippen molar-refractivity contribution in [2.45, 2.75) is 31.5 Å². The Morgan fingerprint density at radius 1 is 1.10 bits per heavy atom. The SMILES string of the molecule is C=CC(=O)Nc1ccccc1CC(=O)N1CCC(c2ccc(OC(F)(F)F)cc2)CC1. The lowest BCUT2D eigenvalue weighted by atomic mass is 9.89. The maximum atomic E-state index is 12.8. The van der Waals surface area contributed by atoms with Crippen LogP contribution >= 0.6 is 0 Å². The largest absolute Gasteiger partial charge is 0.573 e. The molecule has 2 aromatic carbocycles. The predicted molar refractivity (Wildman–Crippen MR) is 111 cm³/mol. The number of piperidine rings is 1. The highest BCUT2D eigenvalue weighted by Crippen LogP contribution is 2.31. The second kappa shape index (κ2) is 9.68. The maximum absolute atomic E-state index is 12.8. The second-order valence-corrected chi connectivity index (χ2v) is 7.30. The van der Waals surface area contributed by atoms with Gasteiger partial charge in [-0.15, -0.1) is 13.2 Å². The zero-order valence-electron chi connectivity index (χ0n) is 16.8. The van der Waals surface area contributed by atoms with E-state index in [0.29, 0.717) is 18.8 Å². The third-order valence-electron chi connectivity index (χ3n) is 5.24. The summed E-state index contributed by atoms with van der Waals surface area (Å²) in [6.45, 7) is 4.55. The number of carbonyl (C=O) groups is 2. The normalized spacial score (nSPS) is 14.7. The van der Waals surface area contributed by atoms with Crippen LogP contribution < -0.4 is 10.1 Å². The lowest BCUT2D eigenvalue weighted by molar-refractivity contribution is -0.274. The molecule has 0 bridgehead atoms. The number of alkyl halides is 3. The lowest BCUT2D eigenvalue weighted by Gasteiger charge is -2.32. The predicted octanol–water partition coefficient (Wildman–Crippen LogP) is 4.66. The van der Waals surface area contributed by atoms with Crippen molar-refractivity contribution in [2.24, 2.45) is 0 Å². The van der Waals surface area contributed by atoms with Gasteiger partial charge in [0.1, 0.15) is 5.75 Å². The van der Waals surface area contributed by atoms with E-state index in [1.54, 1.807) is 35.2 Å². The first-order valence-corrected chi connectivity index (χ1v) is 9.90. The van der Waals surface area contributed by atoms with Crippen molar-refractivity contribution >= 4 is 17.5 Å². The van der Waals surface area contributed by atoms with Crippen molar-refractivity contribution in [3.63, 3.8) is 0 Å². The number of anilines is 1. The van der Waals surface area contributed by atoms with Gasteiger partial charge in [0.2, 0.25) is 11.8 Å². The van der Waals surface area contributed by atoms with E-state index in [4.69, 9.17) is 0 Å². The molecule has 1 heterocycles. The summed E-state index contributed by atoms with van der Waals surface area (Å²) in [6, 6.07) is 13.0. The van der Waals surface area contributed by atoms with Crippen LogP contribution in [0.2, 0.25) is 0 Å². The number of hydrogen-bond acceptors (Lipinski definition) is 3. The Kier molecular flexibility index (Phi) is 6.99. The van der Waals surface area contributed by atoms with Crippen LogP contribution in [0.15, 0.2) is 61.2 Å². The van der Waals surface area contributed by atoms with Gasteiger partial charge in [-0.2, -0.15) is 0 Å². The molecule has 1 aliphatic rings. The molecule has 0 saturated carbocycles. The highest BCUT2D eigenvalue weighted by molar-refractivity contribution is 5.99. The van der Waals surface area contributed by atoms with Gasteiger partial charge in [0.25, 0.3) is 0 Å². The van der Waals surface area contributed by atoms with Crippen LogP contribution in [0.1, 0.15) is 29.9 Å². The average Bonchev–Trinajstić information content (AvgIpc) is 2.74. The van der Waals surface area contributed by atoms with Gasteiger partial charge in [0, 0.05) is 18.8 Å². The quantitative estimate of drug-likeness (QED) is 0.676. The third kappa shape index (κ3) is 6.34. The highest BCUT2D eigenvalue weighted by Gasteiger charge is 2.31. The van der Waals surface area contributed by atoms with E-state index in [1.807, 2.05) is 6.07 Å². The van der Waals surface area contributed by atoms with Gasteiger partial charge in [-0.25, -0.2) is 0 Å². The Hall–Kier alpha value is -3.29. The summed E-state index contributed by atoms with van der Waals surface area (Å²) in [7, 11) is 0. The molecule has 0 atom stereocenters. The van der Waals surface area contributed by atoms with Crippen LogP contribution in [0.4, 0.5) is 18.9 Å². The molecule has 1 aliphatic heterocycles. The standard InChI is InChI=1S/C23H23F3N2O3/c1-2-21(29)27-20-6-4-3-5-18(20)15-22(30)28-13-11-17(12-14-28)16-7-9-19(10-8-16)31-23(24,25)26/h2-10,17H,1,11-15H2,(H,27,29). The Morgan fingerprint density at radius 2 is 1.74 bits per heavy atom. The van der Waals surface area contributed by atoms with E-state index in [1.165, 1.54) is 18.2 Å². The average molecular weight is 432 g/mol. The smallest absolute Gasteiger partial charge is 0.406 e. The van der Waals surface area contributed by atoms with Crippen molar-refractivity contribution < 1.29 is 27.5 Å². The van der Waals surface area contributed by atoms with Crippen LogP contribution in [0.25, 0.3) is 0 Å². The van der Waals surface area contributed by atoms with E-state index >= 15 is 0 Å². The minimum absolute atomic E-state index is 0.0346. The molecule has 164 valence electrons. The molecule has 1 N–H and O–H groups in total. The molecule has 31 heavy (non-hydrogen) atoms. The summed E-state index contributed by atoms with van der Waals surface area (Å²) in [6.07, 6.45) is -1.92. The van der Waals surface area contributed by atoms with Crippen LogP contribution in [-0.4, -0.2) is 36.2 Å². The Morgan fingerprint density at radius 3 is 2.35 bits per heavy atom. The van der Waals surface area contributed by atoms with Gasteiger partial charge >= 0.3 is 6.36 Å². The van der Waals surface area contributed by atoms with Gasteiger partial charge in [-0.3, -0.25) is 9.59 Å². The fourth-order valence-corrected chi connectivity index (χ4v) is 3.66. The number of carbonyl (C=O) groups excluding carboxylic acids is 2. The zero-order chi connectivity index (χ0) is 22.4. The number of amides is 2. The van der Waals surface area contributed by atoms with Crippen LogP contribution in [0, 0.1) is 0 Å². The highest BCUT2D eigenvalue weighted by atomic mass is 19.4. The minimum Gasteiger partial charge on any atom is -0.406 e. The number of nitrogens with zero attached hydrogens (tertiary/aromatic N) is 1. The molecular weight excluding hydrogens is 409 g/mol. The maximum Gasteiger partial charge on any atom is 0.573 e. The number of ether oxygens (including phenoxy) is 1. The monoisotopic (exact) mass is 432 g/mol. The number of hydrogen-bond donors (Lipinski definition) is 1. The number of para-hydroxylation sites is 1. The Labute approximate surface area is 178 Å². The Bertz CT molecular complexity index is 934. The Balaban J connectivity index is 1.56. The molecule has 0 aliphatic carbocycles. The molecule has 0 aromatic heterocycles. The lowest BCUT2D eigenvalue weighted by Crippen LogP contribution is -2.38. The van der Waals surface area contributed by atoms with Crippen LogP contribution in [0.5, 0.6) is 5.75 Å². The van der Waals surface area contributed by atoms with E-state index in [0.717, 1.165) is 24.0 Å². The zero-order valence-corrected chi connectivity index (χ0v) is 16.8. The van der Waals surface area contributed by atoms with E-state index in [2.05, 4.69) is 16.6 Å². The van der Waals surface area contributed by atoms with Crippen molar-refractivity contribution in [1.82, 2.24) is 4.90 Å². The van der Waals surface area contributed by atoms with Crippen molar-refractivity contribution in [3.05, 3.63) is 72.3 Å². The molecular formula is C23H23F3N2O3. The number of rotatable bonds is 6. The number of nitrogens with one attached hydrogen (secondary N) is 1. The summed E-state index contributed by atoms with van der Waals surface area (Å²) < 4.78 is 40.8.